The third-order valence-electron chi connectivity index (χ3n) is 3.12. The fourth-order valence-electron chi connectivity index (χ4n) is 2.13. The van der Waals surface area contributed by atoms with Crippen LogP contribution >= 0.6 is 0 Å². The number of carbonyl (C=O) groups is 3. The number of hydrogen-bond donors (Lipinski definition) is 1. The number of amides is 3. The van der Waals surface area contributed by atoms with Crippen molar-refractivity contribution in [2.45, 2.75) is 19.4 Å². The van der Waals surface area contributed by atoms with E-state index in [1.165, 1.54) is 13.8 Å². The van der Waals surface area contributed by atoms with Gasteiger partial charge in [0.2, 0.25) is 0 Å². The standard InChI is InChI=1S/C13H12F2N2O3/c1-7(18)6-17-11(19)13(2,16-12(17)20)9-5-8(14)3-4-10(9)15/h3-5H,6H2,1-2H3,(H,16,20)/t13-/m1/s1. The van der Waals surface area contributed by atoms with Crippen LogP contribution in [0.5, 0.6) is 0 Å². The van der Waals surface area contributed by atoms with E-state index in [0.717, 1.165) is 18.2 Å². The van der Waals surface area contributed by atoms with Crippen molar-refractivity contribution in [1.82, 2.24) is 10.2 Å². The lowest BCUT2D eigenvalue weighted by atomic mass is 9.91. The third-order valence-corrected chi connectivity index (χ3v) is 3.12. The number of rotatable bonds is 3. The summed E-state index contributed by atoms with van der Waals surface area (Å²) >= 11 is 0. The van der Waals surface area contributed by atoms with Crippen LogP contribution in [0.2, 0.25) is 0 Å². The van der Waals surface area contributed by atoms with Gasteiger partial charge in [0.05, 0.1) is 6.54 Å². The minimum Gasteiger partial charge on any atom is -0.319 e. The van der Waals surface area contributed by atoms with Crippen molar-refractivity contribution in [2.24, 2.45) is 0 Å². The zero-order chi connectivity index (χ0) is 15.1. The summed E-state index contributed by atoms with van der Waals surface area (Å²) in [6, 6.07) is 1.83. The van der Waals surface area contributed by atoms with Crippen molar-refractivity contribution < 1.29 is 23.2 Å². The van der Waals surface area contributed by atoms with Gasteiger partial charge in [0.1, 0.15) is 23.0 Å². The second kappa shape index (κ2) is 4.66. The van der Waals surface area contributed by atoms with Crippen LogP contribution in [0.25, 0.3) is 0 Å². The van der Waals surface area contributed by atoms with Crippen LogP contribution in [0, 0.1) is 11.6 Å². The summed E-state index contributed by atoms with van der Waals surface area (Å²) in [6.45, 7) is 2.08. The Bertz CT molecular complexity index is 618. The van der Waals surface area contributed by atoms with Crippen molar-refractivity contribution in [1.29, 1.82) is 0 Å². The van der Waals surface area contributed by atoms with Gasteiger partial charge in [-0.1, -0.05) is 0 Å². The molecule has 1 aliphatic rings. The van der Waals surface area contributed by atoms with Gasteiger partial charge >= 0.3 is 6.03 Å². The molecule has 0 radical (unpaired) electrons. The van der Waals surface area contributed by atoms with Gasteiger partial charge in [0.25, 0.3) is 5.91 Å². The van der Waals surface area contributed by atoms with Gasteiger partial charge in [0.15, 0.2) is 0 Å². The Balaban J connectivity index is 2.46. The first-order valence-electron chi connectivity index (χ1n) is 5.85. The van der Waals surface area contributed by atoms with Gasteiger partial charge < -0.3 is 5.32 Å². The van der Waals surface area contributed by atoms with E-state index in [9.17, 15) is 23.2 Å². The molecule has 0 spiro atoms. The van der Waals surface area contributed by atoms with E-state index in [2.05, 4.69) is 5.32 Å². The van der Waals surface area contributed by atoms with Crippen LogP contribution in [-0.2, 0) is 15.1 Å². The molecule has 0 saturated carbocycles. The first-order valence-corrected chi connectivity index (χ1v) is 5.85. The number of nitrogens with one attached hydrogen (secondary N) is 1. The highest BCUT2D eigenvalue weighted by Crippen LogP contribution is 2.31. The average molecular weight is 282 g/mol. The predicted molar refractivity (Wildman–Crippen MR) is 64.6 cm³/mol. The lowest BCUT2D eigenvalue weighted by Crippen LogP contribution is -2.42. The second-order valence-electron chi connectivity index (χ2n) is 4.77. The molecule has 0 aromatic heterocycles. The number of imide groups is 1. The van der Waals surface area contributed by atoms with Crippen molar-refractivity contribution in [3.8, 4) is 0 Å². The first-order chi connectivity index (χ1) is 9.25. The lowest BCUT2D eigenvalue weighted by Gasteiger charge is -2.22. The molecule has 1 aromatic carbocycles. The maximum Gasteiger partial charge on any atom is 0.325 e. The Kier molecular flexibility index (Phi) is 3.29. The summed E-state index contributed by atoms with van der Waals surface area (Å²) in [4.78, 5) is 35.7. The predicted octanol–water partition coefficient (Wildman–Crippen LogP) is 1.32. The molecule has 7 heteroatoms. The molecule has 1 aliphatic heterocycles. The molecule has 0 aliphatic carbocycles. The highest BCUT2D eigenvalue weighted by Gasteiger charge is 2.50. The molecule has 1 aromatic rings. The number of carbonyl (C=O) groups excluding carboxylic acids is 3. The van der Waals surface area contributed by atoms with Gasteiger partial charge in [-0.3, -0.25) is 14.5 Å². The van der Waals surface area contributed by atoms with Crippen LogP contribution in [0.1, 0.15) is 19.4 Å². The molecular weight excluding hydrogens is 270 g/mol. The monoisotopic (exact) mass is 282 g/mol. The summed E-state index contributed by atoms with van der Waals surface area (Å²) in [5.74, 6) is -2.72. The van der Waals surface area contributed by atoms with E-state index < -0.39 is 41.4 Å². The van der Waals surface area contributed by atoms with E-state index >= 15 is 0 Å². The summed E-state index contributed by atoms with van der Waals surface area (Å²) in [6.07, 6.45) is 0. The highest BCUT2D eigenvalue weighted by molar-refractivity contribution is 6.09. The Morgan fingerprint density at radius 1 is 1.35 bits per heavy atom. The van der Waals surface area contributed by atoms with Crippen molar-refractivity contribution >= 4 is 17.7 Å². The van der Waals surface area contributed by atoms with Gasteiger partial charge in [-0.25, -0.2) is 13.6 Å². The number of halogens is 2. The van der Waals surface area contributed by atoms with Crippen LogP contribution in [0.4, 0.5) is 13.6 Å². The summed E-state index contributed by atoms with van der Waals surface area (Å²) in [7, 11) is 0. The molecule has 5 nitrogen and oxygen atoms in total. The Morgan fingerprint density at radius 2 is 2.00 bits per heavy atom. The molecule has 106 valence electrons. The van der Waals surface area contributed by atoms with Crippen molar-refractivity contribution in [3.63, 3.8) is 0 Å². The fraction of sp³-hybridized carbons (Fsp3) is 0.308. The minimum absolute atomic E-state index is 0.276. The fourth-order valence-corrected chi connectivity index (χ4v) is 2.13. The molecule has 0 unspecified atom stereocenters. The molecule has 1 atom stereocenters. The maximum atomic E-state index is 13.8. The van der Waals surface area contributed by atoms with E-state index in [4.69, 9.17) is 0 Å². The summed E-state index contributed by atoms with van der Waals surface area (Å²) < 4.78 is 27.0. The number of hydrogen-bond acceptors (Lipinski definition) is 3. The number of urea groups is 1. The summed E-state index contributed by atoms with van der Waals surface area (Å²) in [5.41, 5.74) is -2.00. The minimum atomic E-state index is -1.72. The van der Waals surface area contributed by atoms with Gasteiger partial charge in [-0.15, -0.1) is 0 Å². The smallest absolute Gasteiger partial charge is 0.319 e. The van der Waals surface area contributed by atoms with Crippen molar-refractivity contribution in [3.05, 3.63) is 35.4 Å². The number of benzene rings is 1. The number of Topliss-reactive ketones (excluding diaryl/α,β-unsaturated/α-hetero) is 1. The normalized spacial score (nSPS) is 22.1. The molecule has 2 rings (SSSR count). The van der Waals surface area contributed by atoms with Gasteiger partial charge in [0, 0.05) is 5.56 Å². The molecule has 1 saturated heterocycles. The SMILES string of the molecule is CC(=O)CN1C(=O)N[C@](C)(c2cc(F)ccc2F)C1=O. The highest BCUT2D eigenvalue weighted by atomic mass is 19.1. The van der Waals surface area contributed by atoms with Crippen LogP contribution in [0.3, 0.4) is 0 Å². The molecule has 1 N–H and O–H groups in total. The third kappa shape index (κ3) is 2.15. The first kappa shape index (κ1) is 14.1. The lowest BCUT2D eigenvalue weighted by molar-refractivity contribution is -0.133. The Morgan fingerprint density at radius 3 is 2.60 bits per heavy atom. The van der Waals surface area contributed by atoms with E-state index in [1.54, 1.807) is 0 Å². The second-order valence-corrected chi connectivity index (χ2v) is 4.77. The van der Waals surface area contributed by atoms with Crippen LogP contribution < -0.4 is 5.32 Å². The zero-order valence-corrected chi connectivity index (χ0v) is 10.9. The molecule has 1 heterocycles. The van der Waals surface area contributed by atoms with Crippen LogP contribution in [-0.4, -0.2) is 29.2 Å². The summed E-state index contributed by atoms with van der Waals surface area (Å²) in [5, 5.41) is 2.30. The molecular formula is C13H12F2N2O3. The quantitative estimate of drug-likeness (QED) is 0.850. The number of nitrogens with zero attached hydrogens (tertiary/aromatic N) is 1. The zero-order valence-electron chi connectivity index (χ0n) is 10.9. The van der Waals surface area contributed by atoms with E-state index in [0.29, 0.717) is 4.90 Å². The molecule has 0 bridgehead atoms. The molecule has 1 fully saturated rings. The van der Waals surface area contributed by atoms with E-state index in [1.807, 2.05) is 0 Å². The maximum absolute atomic E-state index is 13.8. The molecule has 20 heavy (non-hydrogen) atoms. The van der Waals surface area contributed by atoms with Gasteiger partial charge in [-0.05, 0) is 32.0 Å². The topological polar surface area (TPSA) is 66.5 Å². The van der Waals surface area contributed by atoms with Crippen molar-refractivity contribution in [2.75, 3.05) is 6.54 Å². The van der Waals surface area contributed by atoms with E-state index in [-0.39, 0.29) is 5.56 Å². The Hall–Kier alpha value is -2.31. The molecule has 3 amide bonds. The van der Waals surface area contributed by atoms with Crippen LogP contribution in [0.15, 0.2) is 18.2 Å². The number of ketones is 1. The Labute approximate surface area is 113 Å². The average Bonchev–Trinajstić information content (AvgIpc) is 2.56. The largest absolute Gasteiger partial charge is 0.325 e. The van der Waals surface area contributed by atoms with Gasteiger partial charge in [-0.2, -0.15) is 0 Å².